The second-order valence-corrected chi connectivity index (χ2v) is 9.98. The Kier molecular flexibility index (Phi) is 7.27. The second-order valence-electron chi connectivity index (χ2n) is 9.98. The number of halogens is 3. The summed E-state index contributed by atoms with van der Waals surface area (Å²) in [5.74, 6) is 0.884. The molecular formula is C25H33F3N4O2. The van der Waals surface area contributed by atoms with Crippen LogP contribution in [0.3, 0.4) is 0 Å². The van der Waals surface area contributed by atoms with Crippen molar-refractivity contribution < 1.29 is 22.7 Å². The van der Waals surface area contributed by atoms with Gasteiger partial charge >= 0.3 is 12.2 Å². The molecule has 3 fully saturated rings. The molecule has 9 heteroatoms. The third-order valence-corrected chi connectivity index (χ3v) is 7.55. The smallest absolute Gasteiger partial charge is 0.381 e. The summed E-state index contributed by atoms with van der Waals surface area (Å²) in [4.78, 5) is 16.5. The molecule has 6 nitrogen and oxygen atoms in total. The number of nitrogens with zero attached hydrogens (tertiary/aromatic N) is 3. The molecule has 1 atom stereocenters. The van der Waals surface area contributed by atoms with Crippen LogP contribution in [0.15, 0.2) is 18.2 Å². The maximum Gasteiger partial charge on any atom is 0.417 e. The van der Waals surface area contributed by atoms with Crippen LogP contribution in [-0.2, 0) is 10.9 Å². The average molecular weight is 479 g/mol. The Hall–Kier alpha value is -2.47. The minimum atomic E-state index is -4.57. The van der Waals surface area contributed by atoms with Crippen molar-refractivity contribution in [3.05, 3.63) is 29.3 Å². The van der Waals surface area contributed by atoms with Crippen LogP contribution < -0.4 is 10.2 Å². The third kappa shape index (κ3) is 5.43. The number of carbonyl (C=O) groups is 1. The van der Waals surface area contributed by atoms with E-state index in [1.54, 1.807) is 12.1 Å². The first-order chi connectivity index (χ1) is 16.3. The van der Waals surface area contributed by atoms with E-state index in [1.165, 1.54) is 18.9 Å². The fourth-order valence-corrected chi connectivity index (χ4v) is 5.26. The van der Waals surface area contributed by atoms with Crippen LogP contribution in [0.4, 0.5) is 23.7 Å². The van der Waals surface area contributed by atoms with Crippen LogP contribution in [0.25, 0.3) is 0 Å². The number of alkyl halides is 3. The fraction of sp³-hybridized carbons (Fsp3) is 0.680. The molecule has 1 N–H and O–H groups in total. The maximum absolute atomic E-state index is 13.4. The van der Waals surface area contributed by atoms with E-state index in [1.807, 2.05) is 16.7 Å². The number of urea groups is 1. The normalized spacial score (nSPS) is 22.1. The van der Waals surface area contributed by atoms with Gasteiger partial charge in [0.25, 0.3) is 0 Å². The molecule has 34 heavy (non-hydrogen) atoms. The fourth-order valence-electron chi connectivity index (χ4n) is 5.26. The largest absolute Gasteiger partial charge is 0.417 e. The van der Waals surface area contributed by atoms with Crippen molar-refractivity contribution in [2.45, 2.75) is 45.2 Å². The molecule has 2 heterocycles. The number of nitriles is 1. The third-order valence-electron chi connectivity index (χ3n) is 7.55. The summed E-state index contributed by atoms with van der Waals surface area (Å²) < 4.78 is 46.3. The molecule has 1 aliphatic carbocycles. The molecule has 3 aliphatic rings. The van der Waals surface area contributed by atoms with Crippen molar-refractivity contribution in [2.24, 2.45) is 17.3 Å². The van der Waals surface area contributed by atoms with E-state index in [2.05, 4.69) is 5.32 Å². The van der Waals surface area contributed by atoms with Gasteiger partial charge in [0.05, 0.1) is 23.8 Å². The van der Waals surface area contributed by atoms with Gasteiger partial charge in [-0.2, -0.15) is 18.4 Å². The van der Waals surface area contributed by atoms with Crippen molar-refractivity contribution in [1.82, 2.24) is 10.2 Å². The Balaban J connectivity index is 1.46. The number of benzene rings is 1. The Morgan fingerprint density at radius 1 is 1.26 bits per heavy atom. The number of ether oxygens (including phenoxy) is 1. The zero-order valence-corrected chi connectivity index (χ0v) is 19.7. The highest BCUT2D eigenvalue weighted by atomic mass is 19.4. The van der Waals surface area contributed by atoms with E-state index in [0.29, 0.717) is 50.9 Å². The van der Waals surface area contributed by atoms with Crippen molar-refractivity contribution in [1.29, 1.82) is 5.26 Å². The first-order valence-corrected chi connectivity index (χ1v) is 12.2. The molecule has 2 saturated heterocycles. The number of amides is 2. The summed E-state index contributed by atoms with van der Waals surface area (Å²) in [7, 11) is 0. The monoisotopic (exact) mass is 478 g/mol. The van der Waals surface area contributed by atoms with E-state index in [-0.39, 0.29) is 22.9 Å². The van der Waals surface area contributed by atoms with Gasteiger partial charge < -0.3 is 19.9 Å². The molecule has 2 amide bonds. The molecule has 0 bridgehead atoms. The maximum atomic E-state index is 13.4. The number of hydrogen-bond donors (Lipinski definition) is 1. The number of rotatable bonds is 7. The first-order valence-electron chi connectivity index (χ1n) is 12.2. The Labute approximate surface area is 199 Å². The van der Waals surface area contributed by atoms with Crippen LogP contribution in [0, 0.1) is 28.6 Å². The molecule has 1 spiro atoms. The zero-order chi connectivity index (χ0) is 24.3. The number of likely N-dealkylation sites (tertiary alicyclic amines) is 1. The van der Waals surface area contributed by atoms with E-state index < -0.39 is 11.7 Å². The highest BCUT2D eigenvalue weighted by molar-refractivity contribution is 5.74. The number of carbonyl (C=O) groups excluding carboxylic acids is 1. The SMILES string of the molecule is CCCNC(=O)N1CC(COCC2CC2)C2(CCN(c3ccc(C#N)c(C(F)(F)F)c3)CC2)C1. The topological polar surface area (TPSA) is 68.6 Å². The van der Waals surface area contributed by atoms with Crippen LogP contribution in [-0.4, -0.2) is 56.9 Å². The summed E-state index contributed by atoms with van der Waals surface area (Å²) in [6.07, 6.45) is 0.312. The predicted molar refractivity (Wildman–Crippen MR) is 122 cm³/mol. The Morgan fingerprint density at radius 2 is 2.00 bits per heavy atom. The second kappa shape index (κ2) is 10.0. The molecule has 1 saturated carbocycles. The lowest BCUT2D eigenvalue weighted by Crippen LogP contribution is -2.46. The summed E-state index contributed by atoms with van der Waals surface area (Å²) in [5, 5.41) is 12.0. The van der Waals surface area contributed by atoms with Gasteiger partial charge in [-0.3, -0.25) is 0 Å². The lowest BCUT2D eigenvalue weighted by atomic mass is 9.71. The van der Waals surface area contributed by atoms with E-state index in [0.717, 1.165) is 31.9 Å². The minimum Gasteiger partial charge on any atom is -0.381 e. The van der Waals surface area contributed by atoms with Crippen molar-refractivity contribution >= 4 is 11.7 Å². The standard InChI is InChI=1S/C25H33F3N4O2/c1-2-9-30-23(33)32-14-20(16-34-15-18-3-4-18)24(17-32)7-10-31(11-8-24)21-6-5-19(13-29)22(12-21)25(26,27)28/h5-6,12,18,20H,2-4,7-11,14-17H2,1H3,(H,30,33). The molecular weight excluding hydrogens is 445 g/mol. The summed E-state index contributed by atoms with van der Waals surface area (Å²) in [5.41, 5.74) is -0.859. The quantitative estimate of drug-likeness (QED) is 0.620. The van der Waals surface area contributed by atoms with E-state index >= 15 is 0 Å². The lowest BCUT2D eigenvalue weighted by molar-refractivity contribution is -0.137. The van der Waals surface area contributed by atoms with Gasteiger partial charge in [0.15, 0.2) is 0 Å². The van der Waals surface area contributed by atoms with Crippen LogP contribution >= 0.6 is 0 Å². The minimum absolute atomic E-state index is 0.0461. The lowest BCUT2D eigenvalue weighted by Gasteiger charge is -2.43. The van der Waals surface area contributed by atoms with Crippen molar-refractivity contribution in [3.63, 3.8) is 0 Å². The number of anilines is 1. The van der Waals surface area contributed by atoms with Gasteiger partial charge in [-0.05, 0) is 61.6 Å². The van der Waals surface area contributed by atoms with Gasteiger partial charge in [-0.1, -0.05) is 6.92 Å². The van der Waals surface area contributed by atoms with Crippen LogP contribution in [0.2, 0.25) is 0 Å². The number of nitrogens with one attached hydrogen (secondary N) is 1. The molecule has 186 valence electrons. The highest BCUT2D eigenvalue weighted by Gasteiger charge is 2.49. The molecule has 0 aromatic heterocycles. The number of piperidine rings is 1. The van der Waals surface area contributed by atoms with Gasteiger partial charge in [-0.15, -0.1) is 0 Å². The van der Waals surface area contributed by atoms with Gasteiger partial charge in [0.1, 0.15) is 0 Å². The van der Waals surface area contributed by atoms with Crippen molar-refractivity contribution in [2.75, 3.05) is 50.8 Å². The Bertz CT molecular complexity index is 918. The predicted octanol–water partition coefficient (Wildman–Crippen LogP) is 4.64. The van der Waals surface area contributed by atoms with Crippen LogP contribution in [0.1, 0.15) is 50.2 Å². The summed E-state index contributed by atoms with van der Waals surface area (Å²) in [6, 6.07) is 5.54. The van der Waals surface area contributed by atoms with Crippen molar-refractivity contribution in [3.8, 4) is 6.07 Å². The first kappa shape index (κ1) is 24.6. The molecule has 1 aromatic carbocycles. The molecule has 1 aromatic rings. The summed E-state index contributed by atoms with van der Waals surface area (Å²) >= 11 is 0. The van der Waals surface area contributed by atoms with Gasteiger partial charge in [0, 0.05) is 50.9 Å². The molecule has 4 rings (SSSR count). The Morgan fingerprint density at radius 3 is 2.62 bits per heavy atom. The summed E-state index contributed by atoms with van der Waals surface area (Å²) in [6.45, 7) is 6.54. The van der Waals surface area contributed by atoms with Gasteiger partial charge in [0.2, 0.25) is 0 Å². The molecule has 0 radical (unpaired) electrons. The van der Waals surface area contributed by atoms with Gasteiger partial charge in [-0.25, -0.2) is 4.79 Å². The van der Waals surface area contributed by atoms with E-state index in [4.69, 9.17) is 10.00 Å². The highest BCUT2D eigenvalue weighted by Crippen LogP contribution is 2.46. The zero-order valence-electron chi connectivity index (χ0n) is 19.7. The molecule has 2 aliphatic heterocycles. The average Bonchev–Trinajstić information content (AvgIpc) is 3.58. The number of hydrogen-bond acceptors (Lipinski definition) is 4. The van der Waals surface area contributed by atoms with E-state index in [9.17, 15) is 18.0 Å². The molecule has 1 unspecified atom stereocenters. The van der Waals surface area contributed by atoms with Crippen LogP contribution in [0.5, 0.6) is 0 Å².